The van der Waals surface area contributed by atoms with Crippen molar-refractivity contribution in [2.45, 2.75) is 88.9 Å². The van der Waals surface area contributed by atoms with E-state index in [-0.39, 0.29) is 6.61 Å². The smallest absolute Gasteiger partial charge is 0.328 e. The second kappa shape index (κ2) is 9.04. The Balaban J connectivity index is 2.43. The zero-order valence-corrected chi connectivity index (χ0v) is 17.9. The van der Waals surface area contributed by atoms with Crippen molar-refractivity contribution in [2.75, 3.05) is 6.61 Å². The highest BCUT2D eigenvalue weighted by atomic mass is 16.7. The maximum atomic E-state index is 11.8. The highest BCUT2D eigenvalue weighted by molar-refractivity contribution is 5.81. The van der Waals surface area contributed by atoms with E-state index >= 15 is 0 Å². The fourth-order valence-corrected chi connectivity index (χ4v) is 4.42. The quantitative estimate of drug-likeness (QED) is 0.254. The number of hydrogen-bond acceptors (Lipinski definition) is 8. The van der Waals surface area contributed by atoms with E-state index in [4.69, 9.17) is 14.6 Å². The number of rotatable bonds is 6. The van der Waals surface area contributed by atoms with E-state index in [1.807, 2.05) is 0 Å². The summed E-state index contributed by atoms with van der Waals surface area (Å²) in [6, 6.07) is 0. The number of carboxylic acids is 1. The molecule has 0 spiro atoms. The summed E-state index contributed by atoms with van der Waals surface area (Å²) in [5, 5.41) is 61.2. The van der Waals surface area contributed by atoms with Crippen LogP contribution in [0.4, 0.5) is 0 Å². The van der Waals surface area contributed by atoms with Gasteiger partial charge in [0, 0.05) is 11.5 Å². The van der Waals surface area contributed by atoms with Crippen LogP contribution in [0, 0.1) is 5.41 Å². The normalized spacial score (nSPS) is 45.6. The summed E-state index contributed by atoms with van der Waals surface area (Å²) in [5.41, 5.74) is -3.75. The molecule has 30 heavy (non-hydrogen) atoms. The molecule has 6 N–H and O–H groups in total. The minimum absolute atomic E-state index is 0.352. The van der Waals surface area contributed by atoms with E-state index in [0.717, 1.165) is 6.08 Å². The molecule has 2 rings (SSSR count). The van der Waals surface area contributed by atoms with Gasteiger partial charge in [0.05, 0.1) is 12.7 Å². The minimum Gasteiger partial charge on any atom is -0.478 e. The van der Waals surface area contributed by atoms with Crippen molar-refractivity contribution in [2.24, 2.45) is 5.41 Å². The zero-order chi connectivity index (χ0) is 22.9. The van der Waals surface area contributed by atoms with Gasteiger partial charge in [-0.05, 0) is 51.7 Å². The van der Waals surface area contributed by atoms with Gasteiger partial charge in [-0.2, -0.15) is 0 Å². The van der Waals surface area contributed by atoms with E-state index in [1.54, 1.807) is 20.8 Å². The largest absolute Gasteiger partial charge is 0.478 e. The molecule has 0 amide bonds. The fraction of sp³-hybridized carbons (Fsp3) is 0.762. The molecule has 2 fully saturated rings. The molecule has 1 aliphatic carbocycles. The van der Waals surface area contributed by atoms with Crippen molar-refractivity contribution >= 4 is 5.97 Å². The first-order valence-corrected chi connectivity index (χ1v) is 10.1. The molecule has 172 valence electrons. The van der Waals surface area contributed by atoms with Gasteiger partial charge < -0.3 is 40.1 Å². The van der Waals surface area contributed by atoms with Crippen molar-refractivity contribution in [3.05, 3.63) is 23.8 Å². The number of aliphatic hydroxyl groups is 5. The van der Waals surface area contributed by atoms with Crippen LogP contribution in [0.2, 0.25) is 0 Å². The van der Waals surface area contributed by atoms with Crippen LogP contribution in [0.5, 0.6) is 0 Å². The summed E-state index contributed by atoms with van der Waals surface area (Å²) in [5.74, 6) is -1.13. The Morgan fingerprint density at radius 3 is 2.37 bits per heavy atom. The second-order valence-corrected chi connectivity index (χ2v) is 8.93. The van der Waals surface area contributed by atoms with Gasteiger partial charge in [0.1, 0.15) is 29.5 Å². The van der Waals surface area contributed by atoms with Crippen LogP contribution in [0.25, 0.3) is 0 Å². The minimum atomic E-state index is -1.76. The SMILES string of the molecule is CC(C=CC1(O)C(C)(CO)CCCC1(C)OC1OC(C)C(O)C(O)C1O)=CC(=O)O. The van der Waals surface area contributed by atoms with Gasteiger partial charge in [0.2, 0.25) is 0 Å². The Bertz CT molecular complexity index is 692. The summed E-state index contributed by atoms with van der Waals surface area (Å²) < 4.78 is 11.6. The van der Waals surface area contributed by atoms with Crippen molar-refractivity contribution in [3.63, 3.8) is 0 Å². The summed E-state index contributed by atoms with van der Waals surface area (Å²) >= 11 is 0. The van der Waals surface area contributed by atoms with Crippen LogP contribution in [-0.4, -0.2) is 85.1 Å². The number of aliphatic hydroxyl groups excluding tert-OH is 4. The number of carbonyl (C=O) groups is 1. The molecule has 9 nitrogen and oxygen atoms in total. The highest BCUT2D eigenvalue weighted by Crippen LogP contribution is 2.52. The molecule has 0 bridgehead atoms. The molecule has 1 saturated carbocycles. The third-order valence-corrected chi connectivity index (χ3v) is 6.58. The van der Waals surface area contributed by atoms with Crippen LogP contribution >= 0.6 is 0 Å². The van der Waals surface area contributed by atoms with Crippen LogP contribution < -0.4 is 0 Å². The number of carboxylic acid groups (broad SMARTS) is 1. The maximum absolute atomic E-state index is 11.8. The van der Waals surface area contributed by atoms with Crippen LogP contribution in [-0.2, 0) is 14.3 Å². The molecule has 0 aromatic rings. The Morgan fingerprint density at radius 2 is 1.80 bits per heavy atom. The topological polar surface area (TPSA) is 157 Å². The molecule has 9 heteroatoms. The molecule has 1 saturated heterocycles. The average molecular weight is 430 g/mol. The third kappa shape index (κ3) is 4.47. The van der Waals surface area contributed by atoms with E-state index in [9.17, 15) is 30.3 Å². The van der Waals surface area contributed by atoms with Crippen LogP contribution in [0.15, 0.2) is 23.8 Å². The van der Waals surface area contributed by atoms with Crippen molar-refractivity contribution in [3.8, 4) is 0 Å². The molecule has 0 radical (unpaired) electrons. The van der Waals surface area contributed by atoms with Crippen molar-refractivity contribution in [1.29, 1.82) is 0 Å². The standard InChI is InChI=1S/C21H34O9/c1-12(10-14(23)24)6-9-21(28)19(3,11-22)7-5-8-20(21,4)30-18-17(27)16(26)15(25)13(2)29-18/h6,9-10,13,15-18,22,25-28H,5,7-8,11H2,1-4H3,(H,23,24). The van der Waals surface area contributed by atoms with Gasteiger partial charge in [-0.25, -0.2) is 4.79 Å². The summed E-state index contributed by atoms with van der Waals surface area (Å²) in [6.45, 7) is 6.06. The van der Waals surface area contributed by atoms with Gasteiger partial charge in [-0.3, -0.25) is 0 Å². The number of aliphatic carboxylic acids is 1. The molecule has 0 aromatic heterocycles. The van der Waals surface area contributed by atoms with Gasteiger partial charge >= 0.3 is 5.97 Å². The molecular formula is C21H34O9. The van der Waals surface area contributed by atoms with E-state index in [2.05, 4.69) is 0 Å². The predicted octanol–water partition coefficient (Wildman–Crippen LogP) is 0.0899. The number of ether oxygens (including phenoxy) is 2. The van der Waals surface area contributed by atoms with E-state index in [1.165, 1.54) is 19.1 Å². The Morgan fingerprint density at radius 1 is 1.17 bits per heavy atom. The first kappa shape index (κ1) is 24.9. The first-order chi connectivity index (χ1) is 13.8. The Labute approximate surface area is 176 Å². The Kier molecular flexibility index (Phi) is 7.51. The lowest BCUT2D eigenvalue weighted by atomic mass is 9.57. The van der Waals surface area contributed by atoms with Gasteiger partial charge in [-0.1, -0.05) is 13.0 Å². The van der Waals surface area contributed by atoms with Crippen molar-refractivity contribution in [1.82, 2.24) is 0 Å². The van der Waals surface area contributed by atoms with Gasteiger partial charge in [0.15, 0.2) is 6.29 Å². The lowest BCUT2D eigenvalue weighted by Gasteiger charge is -2.57. The zero-order valence-electron chi connectivity index (χ0n) is 17.9. The van der Waals surface area contributed by atoms with Crippen LogP contribution in [0.3, 0.4) is 0 Å². The Hall–Kier alpha value is -1.33. The molecule has 1 aliphatic heterocycles. The van der Waals surface area contributed by atoms with E-state index in [0.29, 0.717) is 24.8 Å². The van der Waals surface area contributed by atoms with Gasteiger partial charge in [0.25, 0.3) is 0 Å². The fourth-order valence-electron chi connectivity index (χ4n) is 4.42. The van der Waals surface area contributed by atoms with Crippen LogP contribution in [0.1, 0.15) is 47.0 Å². The monoisotopic (exact) mass is 430 g/mol. The lowest BCUT2D eigenvalue weighted by Crippen LogP contribution is -2.68. The molecule has 8 unspecified atom stereocenters. The van der Waals surface area contributed by atoms with E-state index < -0.39 is 53.3 Å². The van der Waals surface area contributed by atoms with Gasteiger partial charge in [-0.15, -0.1) is 0 Å². The molecule has 0 aromatic carbocycles. The number of hydrogen-bond donors (Lipinski definition) is 6. The first-order valence-electron chi connectivity index (χ1n) is 10.1. The molecule has 8 atom stereocenters. The summed E-state index contributed by atoms with van der Waals surface area (Å²) in [7, 11) is 0. The molecular weight excluding hydrogens is 396 g/mol. The number of allylic oxidation sites excluding steroid dienone is 2. The molecule has 1 heterocycles. The lowest BCUT2D eigenvalue weighted by molar-refractivity contribution is -0.350. The predicted molar refractivity (Wildman–Crippen MR) is 106 cm³/mol. The second-order valence-electron chi connectivity index (χ2n) is 8.93. The summed E-state index contributed by atoms with van der Waals surface area (Å²) in [6.07, 6.45) is -1.14. The third-order valence-electron chi connectivity index (χ3n) is 6.58. The maximum Gasteiger partial charge on any atom is 0.328 e. The highest BCUT2D eigenvalue weighted by Gasteiger charge is 2.61. The average Bonchev–Trinajstić information content (AvgIpc) is 2.66. The van der Waals surface area contributed by atoms with Crippen molar-refractivity contribution < 1.29 is 44.9 Å². The molecule has 2 aliphatic rings. The summed E-state index contributed by atoms with van der Waals surface area (Å²) in [4.78, 5) is 10.9.